The van der Waals surface area contributed by atoms with Gasteiger partial charge in [0.05, 0.1) is 5.92 Å². The Morgan fingerprint density at radius 3 is 1.83 bits per heavy atom. The summed E-state index contributed by atoms with van der Waals surface area (Å²) in [5.74, 6) is -0.832. The van der Waals surface area contributed by atoms with E-state index in [0.717, 1.165) is 12.8 Å². The predicted octanol–water partition coefficient (Wildman–Crippen LogP) is 5.29. The summed E-state index contributed by atoms with van der Waals surface area (Å²) in [5, 5.41) is 9.21. The zero-order valence-electron chi connectivity index (χ0n) is 12.2. The fourth-order valence-electron chi connectivity index (χ4n) is 2.25. The van der Waals surface area contributed by atoms with Gasteiger partial charge in [0, 0.05) is 0 Å². The van der Waals surface area contributed by atoms with Gasteiger partial charge in [0.2, 0.25) is 0 Å². The predicted molar refractivity (Wildman–Crippen MR) is 86.4 cm³/mol. The molecule has 3 heteroatoms. The molecule has 0 saturated carbocycles. The molecule has 0 amide bonds. The van der Waals surface area contributed by atoms with Gasteiger partial charge in [-0.1, -0.05) is 81.9 Å². The van der Waals surface area contributed by atoms with Gasteiger partial charge in [-0.05, 0) is 22.7 Å². The number of carboxylic acid groups (broad SMARTS) is 1. The molecule has 0 aliphatic rings. The first-order valence-electron chi connectivity index (χ1n) is 7.18. The van der Waals surface area contributed by atoms with Crippen LogP contribution in [0.5, 0.6) is 0 Å². The molecule has 0 aromatic carbocycles. The summed E-state index contributed by atoms with van der Waals surface area (Å²) in [7, 11) is 0. The summed E-state index contributed by atoms with van der Waals surface area (Å²) in [5.41, 5.74) is -0.119. The topological polar surface area (TPSA) is 37.3 Å². The molecule has 0 rings (SSSR count). The van der Waals surface area contributed by atoms with Gasteiger partial charge < -0.3 is 5.11 Å². The molecule has 0 fully saturated rings. The van der Waals surface area contributed by atoms with Crippen LogP contribution in [0.15, 0.2) is 0 Å². The maximum atomic E-state index is 11.2. The second-order valence-electron chi connectivity index (χ2n) is 6.21. The standard InChI is InChI=1S/C15H29IO2/c1-15(2,3)13(14(17)18)11-9-7-5-4-6-8-10-12-16/h13H,4-12H2,1-3H3,(H,17,18). The van der Waals surface area contributed by atoms with Crippen molar-refractivity contribution < 1.29 is 9.90 Å². The lowest BCUT2D eigenvalue weighted by Gasteiger charge is -2.26. The first kappa shape index (κ1) is 18.2. The Morgan fingerprint density at radius 1 is 1.00 bits per heavy atom. The van der Waals surface area contributed by atoms with Crippen molar-refractivity contribution in [2.24, 2.45) is 11.3 Å². The number of carbonyl (C=O) groups is 1. The third kappa shape index (κ3) is 9.17. The SMILES string of the molecule is CC(C)(C)C(CCCCCCCCCI)C(=O)O. The highest BCUT2D eigenvalue weighted by molar-refractivity contribution is 14.1. The summed E-state index contributed by atoms with van der Waals surface area (Å²) in [6.07, 6.45) is 9.66. The molecule has 0 aromatic rings. The van der Waals surface area contributed by atoms with Gasteiger partial charge in [0.1, 0.15) is 0 Å². The third-order valence-corrected chi connectivity index (χ3v) is 4.23. The monoisotopic (exact) mass is 368 g/mol. The molecular formula is C15H29IO2. The van der Waals surface area contributed by atoms with E-state index in [1.165, 1.54) is 43.0 Å². The largest absolute Gasteiger partial charge is 0.481 e. The van der Waals surface area contributed by atoms with Crippen molar-refractivity contribution in [2.75, 3.05) is 4.43 Å². The Hall–Kier alpha value is 0.200. The fourth-order valence-corrected chi connectivity index (χ4v) is 2.79. The smallest absolute Gasteiger partial charge is 0.307 e. The second kappa shape index (κ2) is 10.0. The van der Waals surface area contributed by atoms with E-state index in [9.17, 15) is 9.90 Å². The Balaban J connectivity index is 3.60. The van der Waals surface area contributed by atoms with Crippen LogP contribution < -0.4 is 0 Å². The van der Waals surface area contributed by atoms with Crippen LogP contribution >= 0.6 is 22.6 Å². The summed E-state index contributed by atoms with van der Waals surface area (Å²) >= 11 is 2.43. The zero-order valence-corrected chi connectivity index (χ0v) is 14.3. The number of hydrogen-bond acceptors (Lipinski definition) is 1. The van der Waals surface area contributed by atoms with Crippen molar-refractivity contribution >= 4 is 28.6 Å². The van der Waals surface area contributed by atoms with Gasteiger partial charge in [-0.2, -0.15) is 0 Å². The minimum atomic E-state index is -0.635. The average molecular weight is 368 g/mol. The average Bonchev–Trinajstić information content (AvgIpc) is 2.24. The summed E-state index contributed by atoms with van der Waals surface area (Å²) in [6, 6.07) is 0. The molecule has 0 aromatic heterocycles. The van der Waals surface area contributed by atoms with Crippen LogP contribution in [0.2, 0.25) is 0 Å². The molecule has 108 valence electrons. The number of alkyl halides is 1. The van der Waals surface area contributed by atoms with Gasteiger partial charge in [0.25, 0.3) is 0 Å². The summed E-state index contributed by atoms with van der Waals surface area (Å²) in [4.78, 5) is 11.2. The van der Waals surface area contributed by atoms with Gasteiger partial charge in [0.15, 0.2) is 0 Å². The van der Waals surface area contributed by atoms with Crippen molar-refractivity contribution in [3.63, 3.8) is 0 Å². The van der Waals surface area contributed by atoms with Gasteiger partial charge in [-0.3, -0.25) is 4.79 Å². The summed E-state index contributed by atoms with van der Waals surface area (Å²) < 4.78 is 1.27. The maximum absolute atomic E-state index is 11.2. The zero-order chi connectivity index (χ0) is 14.0. The number of carboxylic acids is 1. The van der Waals surface area contributed by atoms with Crippen LogP contribution in [0, 0.1) is 11.3 Å². The Kier molecular flexibility index (Phi) is 10.2. The highest BCUT2D eigenvalue weighted by atomic mass is 127. The quantitative estimate of drug-likeness (QED) is 0.323. The number of unbranched alkanes of at least 4 members (excludes halogenated alkanes) is 6. The van der Waals surface area contributed by atoms with Crippen LogP contribution in [0.1, 0.15) is 72.1 Å². The second-order valence-corrected chi connectivity index (χ2v) is 7.29. The molecule has 0 heterocycles. The van der Waals surface area contributed by atoms with Gasteiger partial charge in [-0.15, -0.1) is 0 Å². The third-order valence-electron chi connectivity index (χ3n) is 3.47. The molecule has 0 spiro atoms. The molecule has 0 aliphatic heterocycles. The van der Waals surface area contributed by atoms with Gasteiger partial charge >= 0.3 is 5.97 Å². The van der Waals surface area contributed by atoms with E-state index in [1.807, 2.05) is 20.8 Å². The van der Waals surface area contributed by atoms with E-state index < -0.39 is 5.97 Å². The van der Waals surface area contributed by atoms with Crippen LogP contribution in [0.4, 0.5) is 0 Å². The molecular weight excluding hydrogens is 339 g/mol. The molecule has 1 atom stereocenters. The first-order chi connectivity index (χ1) is 8.39. The van der Waals surface area contributed by atoms with Crippen molar-refractivity contribution in [3.05, 3.63) is 0 Å². The highest BCUT2D eigenvalue weighted by Gasteiger charge is 2.30. The molecule has 0 radical (unpaired) electrons. The highest BCUT2D eigenvalue weighted by Crippen LogP contribution is 2.30. The lowest BCUT2D eigenvalue weighted by atomic mass is 9.78. The molecule has 0 aliphatic carbocycles. The van der Waals surface area contributed by atoms with E-state index in [1.54, 1.807) is 0 Å². The van der Waals surface area contributed by atoms with E-state index in [2.05, 4.69) is 22.6 Å². The Bertz CT molecular complexity index is 221. The van der Waals surface area contributed by atoms with Crippen molar-refractivity contribution in [2.45, 2.75) is 72.1 Å². The molecule has 1 N–H and O–H groups in total. The Morgan fingerprint density at radius 2 is 1.44 bits per heavy atom. The number of hydrogen-bond donors (Lipinski definition) is 1. The van der Waals surface area contributed by atoms with E-state index in [-0.39, 0.29) is 11.3 Å². The minimum absolute atomic E-state index is 0.119. The van der Waals surface area contributed by atoms with Crippen LogP contribution in [-0.2, 0) is 4.79 Å². The number of rotatable bonds is 10. The van der Waals surface area contributed by atoms with Crippen LogP contribution in [0.25, 0.3) is 0 Å². The molecule has 0 saturated heterocycles. The fraction of sp³-hybridized carbons (Fsp3) is 0.933. The van der Waals surface area contributed by atoms with Crippen molar-refractivity contribution in [3.8, 4) is 0 Å². The van der Waals surface area contributed by atoms with Crippen LogP contribution in [-0.4, -0.2) is 15.5 Å². The van der Waals surface area contributed by atoms with Crippen LogP contribution in [0.3, 0.4) is 0 Å². The molecule has 2 nitrogen and oxygen atoms in total. The number of aliphatic carboxylic acids is 1. The van der Waals surface area contributed by atoms with E-state index in [4.69, 9.17) is 0 Å². The summed E-state index contributed by atoms with van der Waals surface area (Å²) in [6.45, 7) is 6.07. The normalized spacial score (nSPS) is 13.6. The lowest BCUT2D eigenvalue weighted by molar-refractivity contribution is -0.145. The van der Waals surface area contributed by atoms with E-state index >= 15 is 0 Å². The Labute approximate surface area is 126 Å². The van der Waals surface area contributed by atoms with Crippen molar-refractivity contribution in [1.82, 2.24) is 0 Å². The lowest BCUT2D eigenvalue weighted by Crippen LogP contribution is -2.28. The molecule has 0 bridgehead atoms. The maximum Gasteiger partial charge on any atom is 0.307 e. The molecule has 18 heavy (non-hydrogen) atoms. The first-order valence-corrected chi connectivity index (χ1v) is 8.71. The van der Waals surface area contributed by atoms with E-state index in [0.29, 0.717) is 0 Å². The molecule has 1 unspecified atom stereocenters. The van der Waals surface area contributed by atoms with Crippen molar-refractivity contribution in [1.29, 1.82) is 0 Å². The minimum Gasteiger partial charge on any atom is -0.481 e. The number of halogens is 1. The van der Waals surface area contributed by atoms with Gasteiger partial charge in [-0.25, -0.2) is 0 Å².